The Morgan fingerprint density at radius 2 is 1.57 bits per heavy atom. The summed E-state index contributed by atoms with van der Waals surface area (Å²) in [5.74, 6) is 0.505. The summed E-state index contributed by atoms with van der Waals surface area (Å²) in [4.78, 5) is 36.6. The summed E-state index contributed by atoms with van der Waals surface area (Å²) < 4.78 is 5.86. The summed E-state index contributed by atoms with van der Waals surface area (Å²) in [6, 6.07) is 0. The number of carboxylic acids is 1. The Balaban J connectivity index is 1.53. The third-order valence-electron chi connectivity index (χ3n) is 13.7. The van der Waals surface area contributed by atoms with Gasteiger partial charge in [-0.2, -0.15) is 0 Å². The maximum Gasteiger partial charge on any atom is 0.309 e. The first kappa shape index (κ1) is 26.9. The number of esters is 1. The van der Waals surface area contributed by atoms with Gasteiger partial charge in [0, 0.05) is 12.3 Å². The van der Waals surface area contributed by atoms with Crippen molar-refractivity contribution in [3.8, 4) is 0 Å². The second-order valence-corrected chi connectivity index (χ2v) is 15.0. The van der Waals surface area contributed by atoms with Gasteiger partial charge < -0.3 is 9.84 Å². The maximum atomic E-state index is 12.8. The molecule has 0 amide bonds. The van der Waals surface area contributed by atoms with Crippen molar-refractivity contribution >= 4 is 18.2 Å². The molecule has 0 aromatic rings. The van der Waals surface area contributed by atoms with E-state index in [2.05, 4.69) is 41.2 Å². The molecular formula is C32H48O5. The average molecular weight is 513 g/mol. The minimum Gasteiger partial charge on any atom is -0.481 e. The highest BCUT2D eigenvalue weighted by molar-refractivity contribution is 5.78. The monoisotopic (exact) mass is 512 g/mol. The lowest BCUT2D eigenvalue weighted by Crippen LogP contribution is -2.67. The number of hydrogen-bond donors (Lipinski definition) is 1. The fourth-order valence-electron chi connectivity index (χ4n) is 11.8. The molecule has 5 aliphatic carbocycles. The molecule has 0 radical (unpaired) electrons. The Morgan fingerprint density at radius 3 is 2.19 bits per heavy atom. The van der Waals surface area contributed by atoms with Gasteiger partial charge in [0.1, 0.15) is 12.4 Å². The molecule has 0 spiro atoms. The molecule has 5 nitrogen and oxygen atoms in total. The van der Waals surface area contributed by atoms with Gasteiger partial charge in [-0.25, -0.2) is 0 Å². The van der Waals surface area contributed by atoms with Crippen molar-refractivity contribution in [2.45, 2.75) is 112 Å². The van der Waals surface area contributed by atoms with Gasteiger partial charge in [-0.1, -0.05) is 41.2 Å². The first-order valence-corrected chi connectivity index (χ1v) is 14.7. The van der Waals surface area contributed by atoms with E-state index in [4.69, 9.17) is 4.74 Å². The van der Waals surface area contributed by atoms with Gasteiger partial charge in [-0.05, 0) is 116 Å². The summed E-state index contributed by atoms with van der Waals surface area (Å²) >= 11 is 0. The molecule has 0 aromatic carbocycles. The van der Waals surface area contributed by atoms with Crippen LogP contribution in [0.4, 0.5) is 0 Å². The van der Waals surface area contributed by atoms with Gasteiger partial charge >= 0.3 is 11.9 Å². The molecule has 10 atom stereocenters. The summed E-state index contributed by atoms with van der Waals surface area (Å²) in [7, 11) is 0. The Kier molecular flexibility index (Phi) is 6.13. The van der Waals surface area contributed by atoms with Crippen molar-refractivity contribution in [2.75, 3.05) is 0 Å². The minimum atomic E-state index is -0.713. The smallest absolute Gasteiger partial charge is 0.309 e. The SMILES string of the molecule is C=C(C=O)[C@@H]1CC[C@]2(C(=O)O)CC[C@]3(C)[C@H](CC[C@@H]4[C@@]5(C)CC[C@H](OC(C)=O)C(C)(C)[C@@H]5CC[C@]43C)C12. The van der Waals surface area contributed by atoms with E-state index < -0.39 is 11.4 Å². The van der Waals surface area contributed by atoms with Crippen LogP contribution in [-0.2, 0) is 19.1 Å². The number of hydrogen-bond acceptors (Lipinski definition) is 4. The Bertz CT molecular complexity index is 1010. The summed E-state index contributed by atoms with van der Waals surface area (Å²) in [6.45, 7) is 17.8. The van der Waals surface area contributed by atoms with E-state index in [1.54, 1.807) is 0 Å². The van der Waals surface area contributed by atoms with Crippen LogP contribution in [0.25, 0.3) is 0 Å². The number of carbonyl (C=O) groups excluding carboxylic acids is 2. The van der Waals surface area contributed by atoms with Crippen LogP contribution in [0.1, 0.15) is 106 Å². The van der Waals surface area contributed by atoms with Crippen molar-refractivity contribution in [3.05, 3.63) is 12.2 Å². The quantitative estimate of drug-likeness (QED) is 0.253. The second-order valence-electron chi connectivity index (χ2n) is 15.0. The van der Waals surface area contributed by atoms with Crippen LogP contribution in [-0.4, -0.2) is 29.4 Å². The van der Waals surface area contributed by atoms with Crippen molar-refractivity contribution in [2.24, 2.45) is 56.7 Å². The molecular weight excluding hydrogens is 464 g/mol. The van der Waals surface area contributed by atoms with Crippen LogP contribution in [0.15, 0.2) is 12.2 Å². The molecule has 1 unspecified atom stereocenters. The van der Waals surface area contributed by atoms with E-state index in [1.165, 1.54) is 6.92 Å². The van der Waals surface area contributed by atoms with Gasteiger partial charge in [0.25, 0.3) is 0 Å². The largest absolute Gasteiger partial charge is 0.481 e. The van der Waals surface area contributed by atoms with Gasteiger partial charge in [0.15, 0.2) is 0 Å². The van der Waals surface area contributed by atoms with E-state index in [0.717, 1.165) is 57.7 Å². The number of aliphatic carboxylic acids is 1. The Morgan fingerprint density at radius 1 is 0.865 bits per heavy atom. The van der Waals surface area contributed by atoms with Crippen molar-refractivity contribution in [1.29, 1.82) is 0 Å². The predicted octanol–water partition coefficient (Wildman–Crippen LogP) is 6.84. The number of carboxylic acid groups (broad SMARTS) is 1. The van der Waals surface area contributed by atoms with E-state index in [0.29, 0.717) is 36.2 Å². The lowest BCUT2D eigenvalue weighted by molar-refractivity contribution is -0.250. The van der Waals surface area contributed by atoms with Crippen LogP contribution in [0.3, 0.4) is 0 Å². The molecule has 5 saturated carbocycles. The Hall–Kier alpha value is -1.65. The third-order valence-corrected chi connectivity index (χ3v) is 13.7. The highest BCUT2D eigenvalue weighted by atomic mass is 16.5. The van der Waals surface area contributed by atoms with Crippen LogP contribution in [0.2, 0.25) is 0 Å². The van der Waals surface area contributed by atoms with Crippen molar-refractivity contribution in [1.82, 2.24) is 0 Å². The predicted molar refractivity (Wildman–Crippen MR) is 143 cm³/mol. The standard InChI is InChI=1S/C32H48O5/c1-19(18-33)21-10-15-32(27(35)36)17-16-30(6)22(26(21)32)8-9-24-29(5)13-12-25(37-20(2)34)28(3,4)23(29)11-14-31(24,30)7/h18,21-26H,1,8-17H2,2-7H3,(H,35,36)/t21-,22+,23-,24+,25-,26?,29-,30+,31+,32-/m0/s1. The minimum absolute atomic E-state index is 0.000832. The van der Waals surface area contributed by atoms with Crippen LogP contribution >= 0.6 is 0 Å². The molecule has 206 valence electrons. The molecule has 0 aromatic heterocycles. The van der Waals surface area contributed by atoms with Crippen molar-refractivity contribution < 1.29 is 24.2 Å². The Labute approximate surface area is 223 Å². The normalized spacial score (nSPS) is 50.0. The third kappa shape index (κ3) is 3.37. The lowest BCUT2D eigenvalue weighted by Gasteiger charge is -2.72. The molecule has 0 saturated heterocycles. The van der Waals surface area contributed by atoms with E-state index in [1.807, 2.05) is 0 Å². The first-order chi connectivity index (χ1) is 17.2. The molecule has 1 N–H and O–H groups in total. The zero-order valence-electron chi connectivity index (χ0n) is 23.9. The van der Waals surface area contributed by atoms with Crippen LogP contribution in [0, 0.1) is 56.7 Å². The zero-order chi connectivity index (χ0) is 27.2. The molecule has 5 aliphatic rings. The summed E-state index contributed by atoms with van der Waals surface area (Å²) in [5, 5.41) is 10.5. The van der Waals surface area contributed by atoms with Crippen LogP contribution in [0.5, 0.6) is 0 Å². The van der Waals surface area contributed by atoms with E-state index in [9.17, 15) is 19.5 Å². The lowest BCUT2D eigenvalue weighted by atomic mass is 9.32. The number of aldehydes is 1. The van der Waals surface area contributed by atoms with Gasteiger partial charge in [-0.3, -0.25) is 14.4 Å². The number of allylic oxidation sites excluding steroid dienone is 1. The molecule has 0 heterocycles. The molecule has 0 aliphatic heterocycles. The number of ether oxygens (including phenoxy) is 1. The van der Waals surface area contributed by atoms with E-state index in [-0.39, 0.29) is 45.6 Å². The fraction of sp³-hybridized carbons (Fsp3) is 0.844. The first-order valence-electron chi connectivity index (χ1n) is 14.7. The van der Waals surface area contributed by atoms with Gasteiger partial charge in [0.05, 0.1) is 5.41 Å². The van der Waals surface area contributed by atoms with Crippen LogP contribution < -0.4 is 0 Å². The maximum absolute atomic E-state index is 12.8. The molecule has 5 rings (SSSR count). The molecule has 5 fully saturated rings. The van der Waals surface area contributed by atoms with E-state index >= 15 is 0 Å². The number of fused-ring (bicyclic) bond motifs is 7. The number of carbonyl (C=O) groups is 3. The summed E-state index contributed by atoms with van der Waals surface area (Å²) in [5.41, 5.74) is 0.146. The fourth-order valence-corrected chi connectivity index (χ4v) is 11.8. The highest BCUT2D eigenvalue weighted by Gasteiger charge is 2.72. The van der Waals surface area contributed by atoms with Gasteiger partial charge in [-0.15, -0.1) is 0 Å². The zero-order valence-corrected chi connectivity index (χ0v) is 23.9. The molecule has 5 heteroatoms. The topological polar surface area (TPSA) is 80.7 Å². The van der Waals surface area contributed by atoms with Crippen molar-refractivity contribution in [3.63, 3.8) is 0 Å². The summed E-state index contributed by atoms with van der Waals surface area (Å²) in [6.07, 6.45) is 10.4. The number of rotatable bonds is 4. The average Bonchev–Trinajstić information content (AvgIpc) is 3.22. The van der Waals surface area contributed by atoms with Gasteiger partial charge in [0.2, 0.25) is 0 Å². The molecule has 37 heavy (non-hydrogen) atoms. The highest BCUT2D eigenvalue weighted by Crippen LogP contribution is 2.77. The molecule has 0 bridgehead atoms. The second kappa shape index (κ2) is 8.42.